The molecule has 0 amide bonds. The lowest BCUT2D eigenvalue weighted by atomic mass is 9.86. The number of nitrogens with one attached hydrogen (secondary N) is 2. The summed E-state index contributed by atoms with van der Waals surface area (Å²) in [7, 11) is 4.03. The van der Waals surface area contributed by atoms with Crippen LogP contribution in [-0.4, -0.2) is 25.7 Å². The van der Waals surface area contributed by atoms with E-state index in [1.807, 2.05) is 62.6 Å². The average Bonchev–Trinajstić information content (AvgIpc) is 3.01. The first kappa shape index (κ1) is 21.0. The molecule has 5 heteroatoms. The molecule has 3 aromatic rings. The molecule has 0 radical (unpaired) electrons. The van der Waals surface area contributed by atoms with Crippen molar-refractivity contribution >= 4 is 28.6 Å². The van der Waals surface area contributed by atoms with Crippen LogP contribution in [0.2, 0.25) is 0 Å². The van der Waals surface area contributed by atoms with Crippen molar-refractivity contribution in [3.05, 3.63) is 101 Å². The molecule has 5 rings (SSSR count). The van der Waals surface area contributed by atoms with E-state index in [1.165, 1.54) is 0 Å². The van der Waals surface area contributed by atoms with E-state index in [0.717, 1.165) is 46.7 Å². The molecule has 1 aliphatic heterocycles. The minimum absolute atomic E-state index is 0.0193. The van der Waals surface area contributed by atoms with Crippen molar-refractivity contribution in [2.24, 2.45) is 0 Å². The van der Waals surface area contributed by atoms with Gasteiger partial charge in [0.05, 0.1) is 17.4 Å². The van der Waals surface area contributed by atoms with Gasteiger partial charge in [-0.05, 0) is 48.7 Å². The molecule has 0 fully saturated rings. The summed E-state index contributed by atoms with van der Waals surface area (Å²) in [6.45, 7) is 0. The summed E-state index contributed by atoms with van der Waals surface area (Å²) in [4.78, 5) is 28.1. The molecule has 1 heterocycles. The van der Waals surface area contributed by atoms with Crippen molar-refractivity contribution in [1.29, 1.82) is 0 Å². The van der Waals surface area contributed by atoms with Gasteiger partial charge in [0.15, 0.2) is 11.6 Å². The van der Waals surface area contributed by atoms with Gasteiger partial charge in [-0.2, -0.15) is 0 Å². The molecule has 166 valence electrons. The molecule has 3 aromatic carbocycles. The number of benzene rings is 3. The van der Waals surface area contributed by atoms with Crippen LogP contribution in [0, 0.1) is 0 Å². The van der Waals surface area contributed by atoms with Gasteiger partial charge in [0.2, 0.25) is 0 Å². The third-order valence-corrected chi connectivity index (χ3v) is 6.39. The Morgan fingerprint density at radius 3 is 2.36 bits per heavy atom. The second-order valence-electron chi connectivity index (χ2n) is 8.81. The van der Waals surface area contributed by atoms with E-state index >= 15 is 0 Å². The summed E-state index contributed by atoms with van der Waals surface area (Å²) >= 11 is 0. The number of Topliss-reactive ketones (excluding diaryl/α,β-unsaturated/α-hetero) is 1. The molecule has 0 saturated carbocycles. The number of rotatable bonds is 4. The summed E-state index contributed by atoms with van der Waals surface area (Å²) in [5.74, 6) is 0.153. The molecular formula is C28H27N3O2. The lowest BCUT2D eigenvalue weighted by Crippen LogP contribution is -2.23. The van der Waals surface area contributed by atoms with Gasteiger partial charge in [0.25, 0.3) is 0 Å². The zero-order valence-corrected chi connectivity index (χ0v) is 18.9. The van der Waals surface area contributed by atoms with Crippen molar-refractivity contribution in [2.75, 3.05) is 29.6 Å². The van der Waals surface area contributed by atoms with Gasteiger partial charge in [0, 0.05) is 48.6 Å². The number of allylic oxidation sites excluding steroid dienone is 1. The van der Waals surface area contributed by atoms with Gasteiger partial charge in [-0.25, -0.2) is 0 Å². The zero-order valence-electron chi connectivity index (χ0n) is 18.9. The number of carbonyl (C=O) groups is 2. The maximum atomic E-state index is 13.1. The molecule has 0 aromatic heterocycles. The van der Waals surface area contributed by atoms with Crippen LogP contribution >= 0.6 is 0 Å². The standard InChI is InChI=1S/C28H27N3O2/c1-31(2)21-14-11-18(12-15-21)27-26-23(9-6-10-25(26)32)29-24-17-20(13-16-22(24)30-27)28(33)19-7-4-3-5-8-19/h3-5,7-8,11-17,27,29-30H,6,9-10H2,1-2H3. The quantitative estimate of drug-likeness (QED) is 0.523. The first-order valence-electron chi connectivity index (χ1n) is 11.3. The van der Waals surface area contributed by atoms with Crippen LogP contribution in [0.15, 0.2) is 84.1 Å². The SMILES string of the molecule is CN(C)c1ccc(C2Nc3ccc(C(=O)c4ccccc4)cc3NC3=C2C(=O)CCC3)cc1. The Kier molecular flexibility index (Phi) is 5.47. The molecule has 2 aliphatic rings. The number of ketones is 2. The Bertz CT molecular complexity index is 1240. The fourth-order valence-electron chi connectivity index (χ4n) is 4.60. The third-order valence-electron chi connectivity index (χ3n) is 6.39. The Balaban J connectivity index is 1.56. The number of fused-ring (bicyclic) bond motifs is 1. The Hall–Kier alpha value is -3.86. The van der Waals surface area contributed by atoms with Gasteiger partial charge in [0.1, 0.15) is 0 Å². The van der Waals surface area contributed by atoms with E-state index in [0.29, 0.717) is 17.5 Å². The summed E-state index contributed by atoms with van der Waals surface area (Å²) in [6, 6.07) is 23.0. The first-order chi connectivity index (χ1) is 16.0. The molecule has 0 bridgehead atoms. The minimum Gasteiger partial charge on any atom is -0.378 e. The smallest absolute Gasteiger partial charge is 0.193 e. The van der Waals surface area contributed by atoms with E-state index in [1.54, 1.807) is 0 Å². The van der Waals surface area contributed by atoms with Gasteiger partial charge in [-0.3, -0.25) is 9.59 Å². The molecule has 1 atom stereocenters. The number of hydrogen-bond acceptors (Lipinski definition) is 5. The van der Waals surface area contributed by atoms with Crippen molar-refractivity contribution in [3.63, 3.8) is 0 Å². The van der Waals surface area contributed by atoms with Crippen molar-refractivity contribution in [2.45, 2.75) is 25.3 Å². The highest BCUT2D eigenvalue weighted by atomic mass is 16.1. The minimum atomic E-state index is -0.242. The van der Waals surface area contributed by atoms with Crippen molar-refractivity contribution in [1.82, 2.24) is 0 Å². The van der Waals surface area contributed by atoms with Gasteiger partial charge < -0.3 is 15.5 Å². The highest BCUT2D eigenvalue weighted by Crippen LogP contribution is 2.41. The topological polar surface area (TPSA) is 61.4 Å². The summed E-state index contributed by atoms with van der Waals surface area (Å²) in [5.41, 5.74) is 6.88. The Morgan fingerprint density at radius 1 is 0.879 bits per heavy atom. The van der Waals surface area contributed by atoms with E-state index in [2.05, 4.69) is 39.8 Å². The van der Waals surface area contributed by atoms with Gasteiger partial charge in [-0.15, -0.1) is 0 Å². The van der Waals surface area contributed by atoms with Crippen molar-refractivity contribution in [3.8, 4) is 0 Å². The molecule has 0 saturated heterocycles. The monoisotopic (exact) mass is 437 g/mol. The number of carbonyl (C=O) groups excluding carboxylic acids is 2. The average molecular weight is 438 g/mol. The Morgan fingerprint density at radius 2 is 1.64 bits per heavy atom. The largest absolute Gasteiger partial charge is 0.378 e. The molecule has 0 spiro atoms. The van der Waals surface area contributed by atoms with E-state index < -0.39 is 0 Å². The first-order valence-corrected chi connectivity index (χ1v) is 11.3. The van der Waals surface area contributed by atoms with Crippen molar-refractivity contribution < 1.29 is 9.59 Å². The summed E-state index contributed by atoms with van der Waals surface area (Å²) in [5, 5.41) is 7.10. The zero-order chi connectivity index (χ0) is 22.9. The molecule has 2 N–H and O–H groups in total. The van der Waals surface area contributed by atoms with Crippen LogP contribution in [0.3, 0.4) is 0 Å². The summed E-state index contributed by atoms with van der Waals surface area (Å²) < 4.78 is 0. The molecule has 33 heavy (non-hydrogen) atoms. The molecular weight excluding hydrogens is 410 g/mol. The maximum absolute atomic E-state index is 13.1. The van der Waals surface area contributed by atoms with Crippen LogP contribution < -0.4 is 15.5 Å². The number of hydrogen-bond donors (Lipinski definition) is 2. The third kappa shape index (κ3) is 4.02. The highest BCUT2D eigenvalue weighted by Gasteiger charge is 2.32. The predicted octanol–water partition coefficient (Wildman–Crippen LogP) is 5.57. The lowest BCUT2D eigenvalue weighted by molar-refractivity contribution is -0.116. The molecule has 1 aliphatic carbocycles. The number of nitrogens with zero attached hydrogens (tertiary/aromatic N) is 1. The fraction of sp³-hybridized carbons (Fsp3) is 0.214. The molecule has 1 unspecified atom stereocenters. The lowest BCUT2D eigenvalue weighted by Gasteiger charge is -2.26. The van der Waals surface area contributed by atoms with Crippen LogP contribution in [0.1, 0.15) is 46.8 Å². The summed E-state index contributed by atoms with van der Waals surface area (Å²) in [6.07, 6.45) is 2.20. The predicted molar refractivity (Wildman–Crippen MR) is 133 cm³/mol. The van der Waals surface area contributed by atoms with E-state index in [-0.39, 0.29) is 17.6 Å². The fourth-order valence-corrected chi connectivity index (χ4v) is 4.60. The van der Waals surface area contributed by atoms with Crippen LogP contribution in [0.25, 0.3) is 0 Å². The number of anilines is 3. The van der Waals surface area contributed by atoms with Crippen LogP contribution in [0.4, 0.5) is 17.1 Å². The second-order valence-corrected chi connectivity index (χ2v) is 8.81. The van der Waals surface area contributed by atoms with Crippen LogP contribution in [0.5, 0.6) is 0 Å². The molecule has 5 nitrogen and oxygen atoms in total. The normalized spacial score (nSPS) is 17.3. The van der Waals surface area contributed by atoms with Crippen LogP contribution in [-0.2, 0) is 4.79 Å². The Labute approximate surface area is 194 Å². The second kappa shape index (κ2) is 8.58. The highest BCUT2D eigenvalue weighted by molar-refractivity contribution is 6.10. The maximum Gasteiger partial charge on any atom is 0.193 e. The van der Waals surface area contributed by atoms with E-state index in [4.69, 9.17) is 0 Å². The van der Waals surface area contributed by atoms with Gasteiger partial charge >= 0.3 is 0 Å². The van der Waals surface area contributed by atoms with E-state index in [9.17, 15) is 9.59 Å². The van der Waals surface area contributed by atoms with Gasteiger partial charge in [-0.1, -0.05) is 42.5 Å².